The molecule has 1 saturated carbocycles. The topological polar surface area (TPSA) is 24.9 Å². The number of pyridine rings is 1. The number of rotatable bonds is 5. The van der Waals surface area contributed by atoms with Crippen LogP contribution in [0.5, 0.6) is 0 Å². The highest BCUT2D eigenvalue weighted by Gasteiger charge is 2.26. The van der Waals surface area contributed by atoms with Gasteiger partial charge in [-0.15, -0.1) is 0 Å². The Hall–Kier alpha value is -1.06. The van der Waals surface area contributed by atoms with E-state index in [0.717, 1.165) is 11.8 Å². The van der Waals surface area contributed by atoms with Crippen molar-refractivity contribution >= 4 is 22.5 Å². The van der Waals surface area contributed by atoms with E-state index in [1.165, 1.54) is 41.4 Å². The third-order valence-corrected chi connectivity index (χ3v) is 5.46. The standard InChI is InChI=1S/C17H22N2S/c1-2-20-17-9-5-8-16(17)19-12-14-11-18-10-13-6-3-4-7-15(13)14/h3-4,6-7,10-11,16-17,19H,2,5,8-9,12H2,1H3. The molecule has 1 aromatic heterocycles. The zero-order valence-corrected chi connectivity index (χ0v) is 12.8. The molecule has 1 heterocycles. The zero-order valence-electron chi connectivity index (χ0n) is 12.0. The number of thioether (sulfide) groups is 1. The number of fused-ring (bicyclic) bond motifs is 1. The maximum Gasteiger partial charge on any atom is 0.0346 e. The third-order valence-electron chi connectivity index (χ3n) is 4.14. The van der Waals surface area contributed by atoms with Crippen molar-refractivity contribution in [2.75, 3.05) is 5.75 Å². The number of aromatic nitrogens is 1. The Morgan fingerprint density at radius 3 is 3.05 bits per heavy atom. The molecular weight excluding hydrogens is 264 g/mol. The molecule has 2 aromatic rings. The lowest BCUT2D eigenvalue weighted by Crippen LogP contribution is -2.33. The summed E-state index contributed by atoms with van der Waals surface area (Å²) in [6.45, 7) is 3.19. The molecule has 2 nitrogen and oxygen atoms in total. The summed E-state index contributed by atoms with van der Waals surface area (Å²) in [7, 11) is 0. The molecule has 0 spiro atoms. The first-order chi connectivity index (χ1) is 9.88. The fraction of sp³-hybridized carbons (Fsp3) is 0.471. The second-order valence-corrected chi connectivity index (χ2v) is 6.95. The predicted octanol–water partition coefficient (Wildman–Crippen LogP) is 4.00. The van der Waals surface area contributed by atoms with E-state index in [9.17, 15) is 0 Å². The van der Waals surface area contributed by atoms with Gasteiger partial charge in [0.2, 0.25) is 0 Å². The van der Waals surface area contributed by atoms with E-state index < -0.39 is 0 Å². The van der Waals surface area contributed by atoms with Crippen molar-refractivity contribution in [3.8, 4) is 0 Å². The highest BCUT2D eigenvalue weighted by Crippen LogP contribution is 2.30. The molecule has 20 heavy (non-hydrogen) atoms. The second kappa shape index (κ2) is 6.59. The van der Waals surface area contributed by atoms with Gasteiger partial charge in [-0.1, -0.05) is 37.6 Å². The van der Waals surface area contributed by atoms with E-state index in [-0.39, 0.29) is 0 Å². The van der Waals surface area contributed by atoms with Gasteiger partial charge in [-0.05, 0) is 29.5 Å². The molecule has 0 radical (unpaired) electrons. The highest BCUT2D eigenvalue weighted by atomic mass is 32.2. The molecule has 3 heteroatoms. The van der Waals surface area contributed by atoms with Gasteiger partial charge in [0.25, 0.3) is 0 Å². The van der Waals surface area contributed by atoms with Crippen molar-refractivity contribution in [2.24, 2.45) is 0 Å². The molecule has 2 atom stereocenters. The molecular formula is C17H22N2S. The van der Waals surface area contributed by atoms with Crippen LogP contribution in [0, 0.1) is 0 Å². The van der Waals surface area contributed by atoms with Gasteiger partial charge < -0.3 is 5.32 Å². The molecule has 0 amide bonds. The molecule has 3 rings (SSSR count). The Balaban J connectivity index is 1.71. The normalized spacial score (nSPS) is 22.4. The molecule has 1 aliphatic carbocycles. The van der Waals surface area contributed by atoms with E-state index in [2.05, 4.69) is 53.3 Å². The van der Waals surface area contributed by atoms with Crippen LogP contribution < -0.4 is 5.32 Å². The number of hydrogen-bond donors (Lipinski definition) is 1. The van der Waals surface area contributed by atoms with Crippen molar-refractivity contribution in [1.82, 2.24) is 10.3 Å². The number of hydrogen-bond acceptors (Lipinski definition) is 3. The van der Waals surface area contributed by atoms with Crippen molar-refractivity contribution in [1.29, 1.82) is 0 Å². The molecule has 2 unspecified atom stereocenters. The summed E-state index contributed by atoms with van der Waals surface area (Å²) in [6, 6.07) is 9.18. The largest absolute Gasteiger partial charge is 0.309 e. The third kappa shape index (κ3) is 2.99. The van der Waals surface area contributed by atoms with E-state index in [1.807, 2.05) is 12.4 Å². The van der Waals surface area contributed by atoms with Crippen molar-refractivity contribution in [3.63, 3.8) is 0 Å². The predicted molar refractivity (Wildman–Crippen MR) is 88.1 cm³/mol. The van der Waals surface area contributed by atoms with Crippen LogP contribution in [0.4, 0.5) is 0 Å². The summed E-state index contributed by atoms with van der Waals surface area (Å²) in [4.78, 5) is 4.37. The lowest BCUT2D eigenvalue weighted by Gasteiger charge is -2.20. The van der Waals surface area contributed by atoms with Crippen LogP contribution in [-0.4, -0.2) is 22.0 Å². The highest BCUT2D eigenvalue weighted by molar-refractivity contribution is 7.99. The molecule has 0 saturated heterocycles. The average molecular weight is 286 g/mol. The SMILES string of the molecule is CCSC1CCCC1NCc1cncc2ccccc12. The van der Waals surface area contributed by atoms with Crippen LogP contribution in [0.25, 0.3) is 10.8 Å². The molecule has 0 bridgehead atoms. The quantitative estimate of drug-likeness (QED) is 0.899. The van der Waals surface area contributed by atoms with Crippen LogP contribution in [0.2, 0.25) is 0 Å². The monoisotopic (exact) mass is 286 g/mol. The van der Waals surface area contributed by atoms with Gasteiger partial charge in [-0.3, -0.25) is 4.98 Å². The van der Waals surface area contributed by atoms with Gasteiger partial charge in [-0.25, -0.2) is 0 Å². The maximum atomic E-state index is 4.37. The smallest absolute Gasteiger partial charge is 0.0346 e. The van der Waals surface area contributed by atoms with Gasteiger partial charge >= 0.3 is 0 Å². The maximum absolute atomic E-state index is 4.37. The van der Waals surface area contributed by atoms with Crippen LogP contribution in [-0.2, 0) is 6.54 Å². The summed E-state index contributed by atoms with van der Waals surface area (Å²) in [5.41, 5.74) is 1.32. The molecule has 0 aliphatic heterocycles. The molecule has 1 N–H and O–H groups in total. The number of nitrogens with one attached hydrogen (secondary N) is 1. The molecule has 1 aromatic carbocycles. The minimum absolute atomic E-state index is 0.666. The summed E-state index contributed by atoms with van der Waals surface area (Å²) in [5, 5.41) is 7.12. The van der Waals surface area contributed by atoms with E-state index in [0.29, 0.717) is 6.04 Å². The summed E-state index contributed by atoms with van der Waals surface area (Å²) >= 11 is 2.11. The van der Waals surface area contributed by atoms with Crippen molar-refractivity contribution in [2.45, 2.75) is 44.0 Å². The van der Waals surface area contributed by atoms with Gasteiger partial charge in [0.15, 0.2) is 0 Å². The lowest BCUT2D eigenvalue weighted by atomic mass is 10.1. The summed E-state index contributed by atoms with van der Waals surface area (Å²) in [5.74, 6) is 1.22. The first kappa shape index (κ1) is 13.9. The van der Waals surface area contributed by atoms with Crippen LogP contribution >= 0.6 is 11.8 Å². The van der Waals surface area contributed by atoms with E-state index >= 15 is 0 Å². The molecule has 1 fully saturated rings. The summed E-state index contributed by atoms with van der Waals surface area (Å²) < 4.78 is 0. The van der Waals surface area contributed by atoms with Crippen LogP contribution in [0.1, 0.15) is 31.7 Å². The number of nitrogens with zero attached hydrogens (tertiary/aromatic N) is 1. The van der Waals surface area contributed by atoms with Crippen molar-refractivity contribution in [3.05, 3.63) is 42.2 Å². The van der Waals surface area contributed by atoms with Crippen LogP contribution in [0.3, 0.4) is 0 Å². The fourth-order valence-corrected chi connectivity index (χ4v) is 4.36. The fourth-order valence-electron chi connectivity index (χ4n) is 3.13. The second-order valence-electron chi connectivity index (χ2n) is 5.43. The van der Waals surface area contributed by atoms with Gasteiger partial charge in [0.05, 0.1) is 0 Å². The van der Waals surface area contributed by atoms with Gasteiger partial charge in [-0.2, -0.15) is 11.8 Å². The minimum Gasteiger partial charge on any atom is -0.309 e. The van der Waals surface area contributed by atoms with E-state index in [4.69, 9.17) is 0 Å². The first-order valence-electron chi connectivity index (χ1n) is 7.55. The zero-order chi connectivity index (χ0) is 13.8. The summed E-state index contributed by atoms with van der Waals surface area (Å²) in [6.07, 6.45) is 8.00. The van der Waals surface area contributed by atoms with E-state index in [1.54, 1.807) is 0 Å². The van der Waals surface area contributed by atoms with Gasteiger partial charge in [0.1, 0.15) is 0 Å². The minimum atomic E-state index is 0.666. The molecule has 106 valence electrons. The molecule has 1 aliphatic rings. The Kier molecular flexibility index (Phi) is 4.58. The first-order valence-corrected chi connectivity index (χ1v) is 8.60. The number of benzene rings is 1. The Labute approximate surface area is 125 Å². The Morgan fingerprint density at radius 2 is 2.15 bits per heavy atom. The van der Waals surface area contributed by atoms with Gasteiger partial charge in [0, 0.05) is 35.6 Å². The Morgan fingerprint density at radius 1 is 1.25 bits per heavy atom. The lowest BCUT2D eigenvalue weighted by molar-refractivity contribution is 0.533. The Bertz CT molecular complexity index is 564. The van der Waals surface area contributed by atoms with Crippen molar-refractivity contribution < 1.29 is 0 Å². The van der Waals surface area contributed by atoms with Crippen LogP contribution in [0.15, 0.2) is 36.7 Å². The average Bonchev–Trinajstić information content (AvgIpc) is 2.93.